The molecule has 0 aliphatic heterocycles. The first-order chi connectivity index (χ1) is 8.17. The van der Waals surface area contributed by atoms with Crippen LogP contribution >= 0.6 is 0 Å². The largest absolute Gasteiger partial charge is 0.480 e. The zero-order chi connectivity index (χ0) is 12.7. The number of hydrogen-bond donors (Lipinski definition) is 2. The van der Waals surface area contributed by atoms with E-state index in [1.807, 2.05) is 6.92 Å². The van der Waals surface area contributed by atoms with E-state index in [0.717, 1.165) is 32.0 Å². The minimum atomic E-state index is -0.727. The van der Waals surface area contributed by atoms with Crippen molar-refractivity contribution in [2.75, 3.05) is 26.2 Å². The number of likely N-dealkylation sites (N-methyl/N-ethyl adjacent to an activating group) is 1. The Morgan fingerprint density at radius 1 is 1.41 bits per heavy atom. The van der Waals surface area contributed by atoms with Crippen LogP contribution in [0.1, 0.15) is 39.5 Å². The predicted molar refractivity (Wildman–Crippen MR) is 69.2 cm³/mol. The van der Waals surface area contributed by atoms with E-state index in [4.69, 9.17) is 5.11 Å². The zero-order valence-corrected chi connectivity index (χ0v) is 11.1. The second-order valence-corrected chi connectivity index (χ2v) is 4.98. The van der Waals surface area contributed by atoms with E-state index >= 15 is 0 Å². The molecule has 4 nitrogen and oxygen atoms in total. The first kappa shape index (κ1) is 14.5. The number of nitrogens with zero attached hydrogens (tertiary/aromatic N) is 1. The second kappa shape index (κ2) is 7.67. The fourth-order valence-electron chi connectivity index (χ4n) is 2.15. The third kappa shape index (κ3) is 6.03. The molecule has 0 radical (unpaired) electrons. The lowest BCUT2D eigenvalue weighted by Gasteiger charge is -2.23. The molecule has 0 amide bonds. The van der Waals surface area contributed by atoms with Crippen molar-refractivity contribution in [1.82, 2.24) is 10.2 Å². The molecule has 0 bridgehead atoms. The molecule has 0 aromatic carbocycles. The summed E-state index contributed by atoms with van der Waals surface area (Å²) >= 11 is 0. The summed E-state index contributed by atoms with van der Waals surface area (Å²) in [4.78, 5) is 13.4. The molecular formula is C13H26N2O2. The highest BCUT2D eigenvalue weighted by Gasteiger charge is 2.25. The molecule has 1 rings (SSSR count). The summed E-state index contributed by atoms with van der Waals surface area (Å²) in [6.07, 6.45) is 4.56. The van der Waals surface area contributed by atoms with Crippen molar-refractivity contribution >= 4 is 5.97 Å². The summed E-state index contributed by atoms with van der Waals surface area (Å²) < 4.78 is 0. The number of hydrogen-bond acceptors (Lipinski definition) is 3. The van der Waals surface area contributed by atoms with E-state index in [9.17, 15) is 4.79 Å². The molecule has 2 N–H and O–H groups in total. The lowest BCUT2D eigenvalue weighted by atomic mass is 10.2. The minimum Gasteiger partial charge on any atom is -0.480 e. The van der Waals surface area contributed by atoms with Gasteiger partial charge in [-0.3, -0.25) is 4.79 Å². The molecule has 1 saturated carbocycles. The molecule has 100 valence electrons. The molecule has 1 fully saturated rings. The van der Waals surface area contributed by atoms with E-state index in [1.165, 1.54) is 12.8 Å². The standard InChI is InChI=1S/C13H26N2O2/c1-3-8-15(10-11-5-6-11)9-7-12(13(16)17)14-4-2/h11-12,14H,3-10H2,1-2H3,(H,16,17). The monoisotopic (exact) mass is 242 g/mol. The maximum Gasteiger partial charge on any atom is 0.320 e. The van der Waals surface area contributed by atoms with Gasteiger partial charge >= 0.3 is 5.97 Å². The Morgan fingerprint density at radius 3 is 2.59 bits per heavy atom. The van der Waals surface area contributed by atoms with E-state index in [0.29, 0.717) is 13.0 Å². The minimum absolute atomic E-state index is 0.390. The Morgan fingerprint density at radius 2 is 2.12 bits per heavy atom. The Labute approximate surface area is 104 Å². The number of carbonyl (C=O) groups is 1. The van der Waals surface area contributed by atoms with Gasteiger partial charge in [-0.15, -0.1) is 0 Å². The lowest BCUT2D eigenvalue weighted by molar-refractivity contribution is -0.139. The quantitative estimate of drug-likeness (QED) is 0.610. The summed E-state index contributed by atoms with van der Waals surface area (Å²) in [5, 5.41) is 12.1. The first-order valence-electron chi connectivity index (χ1n) is 6.85. The smallest absolute Gasteiger partial charge is 0.320 e. The number of aliphatic carboxylic acids is 1. The van der Waals surface area contributed by atoms with Crippen molar-refractivity contribution in [3.8, 4) is 0 Å². The third-order valence-electron chi connectivity index (χ3n) is 3.24. The Balaban J connectivity index is 2.28. The van der Waals surface area contributed by atoms with Crippen LogP contribution in [0.15, 0.2) is 0 Å². The van der Waals surface area contributed by atoms with E-state index in [2.05, 4.69) is 17.1 Å². The van der Waals surface area contributed by atoms with Gasteiger partial charge in [0.15, 0.2) is 0 Å². The van der Waals surface area contributed by atoms with Crippen molar-refractivity contribution in [3.63, 3.8) is 0 Å². The fourth-order valence-corrected chi connectivity index (χ4v) is 2.15. The molecule has 1 unspecified atom stereocenters. The second-order valence-electron chi connectivity index (χ2n) is 4.98. The lowest BCUT2D eigenvalue weighted by Crippen LogP contribution is -2.40. The van der Waals surface area contributed by atoms with Gasteiger partial charge in [0.05, 0.1) is 0 Å². The molecule has 0 saturated heterocycles. The van der Waals surface area contributed by atoms with E-state index < -0.39 is 12.0 Å². The average molecular weight is 242 g/mol. The number of carboxylic acids is 1. The summed E-state index contributed by atoms with van der Waals surface area (Å²) in [6, 6.07) is -0.390. The van der Waals surface area contributed by atoms with Crippen LogP contribution < -0.4 is 5.32 Å². The van der Waals surface area contributed by atoms with Gasteiger partial charge in [0, 0.05) is 13.1 Å². The molecule has 0 spiro atoms. The van der Waals surface area contributed by atoms with Crippen LogP contribution in [0.3, 0.4) is 0 Å². The van der Waals surface area contributed by atoms with E-state index in [-0.39, 0.29) is 0 Å². The average Bonchev–Trinajstić information content (AvgIpc) is 3.07. The van der Waals surface area contributed by atoms with Crippen LogP contribution in [0.2, 0.25) is 0 Å². The van der Waals surface area contributed by atoms with Gasteiger partial charge < -0.3 is 15.3 Å². The summed E-state index contributed by atoms with van der Waals surface area (Å²) in [5.41, 5.74) is 0. The van der Waals surface area contributed by atoms with Crippen molar-refractivity contribution in [1.29, 1.82) is 0 Å². The SMILES string of the molecule is CCCN(CCC(NCC)C(=O)O)CC1CC1. The predicted octanol–water partition coefficient (Wildman–Crippen LogP) is 1.56. The molecule has 0 aromatic heterocycles. The topological polar surface area (TPSA) is 52.6 Å². The zero-order valence-electron chi connectivity index (χ0n) is 11.1. The van der Waals surface area contributed by atoms with Gasteiger partial charge in [-0.1, -0.05) is 13.8 Å². The van der Waals surface area contributed by atoms with Gasteiger partial charge in [0.2, 0.25) is 0 Å². The first-order valence-corrected chi connectivity index (χ1v) is 6.85. The van der Waals surface area contributed by atoms with Crippen LogP contribution in [-0.2, 0) is 4.79 Å². The van der Waals surface area contributed by atoms with Gasteiger partial charge in [0.1, 0.15) is 6.04 Å². The molecule has 1 aliphatic rings. The Hall–Kier alpha value is -0.610. The van der Waals surface area contributed by atoms with Crippen LogP contribution in [0.25, 0.3) is 0 Å². The molecule has 1 aliphatic carbocycles. The van der Waals surface area contributed by atoms with Gasteiger partial charge in [-0.2, -0.15) is 0 Å². The number of nitrogens with one attached hydrogen (secondary N) is 1. The van der Waals surface area contributed by atoms with Crippen molar-refractivity contribution in [2.45, 2.75) is 45.6 Å². The molecule has 4 heteroatoms. The van der Waals surface area contributed by atoms with Gasteiger partial charge in [0.25, 0.3) is 0 Å². The fraction of sp³-hybridized carbons (Fsp3) is 0.923. The van der Waals surface area contributed by atoms with Gasteiger partial charge in [-0.25, -0.2) is 0 Å². The molecular weight excluding hydrogens is 216 g/mol. The molecule has 0 heterocycles. The van der Waals surface area contributed by atoms with Crippen LogP contribution in [-0.4, -0.2) is 48.2 Å². The van der Waals surface area contributed by atoms with Crippen LogP contribution in [0.5, 0.6) is 0 Å². The summed E-state index contributed by atoms with van der Waals surface area (Å²) in [7, 11) is 0. The van der Waals surface area contributed by atoms with Crippen molar-refractivity contribution < 1.29 is 9.90 Å². The maximum absolute atomic E-state index is 11.0. The highest BCUT2D eigenvalue weighted by atomic mass is 16.4. The van der Waals surface area contributed by atoms with Crippen molar-refractivity contribution in [3.05, 3.63) is 0 Å². The highest BCUT2D eigenvalue weighted by Crippen LogP contribution is 2.29. The third-order valence-corrected chi connectivity index (χ3v) is 3.24. The van der Waals surface area contributed by atoms with E-state index in [1.54, 1.807) is 0 Å². The van der Waals surface area contributed by atoms with Crippen LogP contribution in [0, 0.1) is 5.92 Å². The molecule has 17 heavy (non-hydrogen) atoms. The summed E-state index contributed by atoms with van der Waals surface area (Å²) in [6.45, 7) is 7.99. The Kier molecular flexibility index (Phi) is 6.52. The molecule has 1 atom stereocenters. The van der Waals surface area contributed by atoms with Gasteiger partial charge in [-0.05, 0) is 44.7 Å². The van der Waals surface area contributed by atoms with Crippen molar-refractivity contribution in [2.24, 2.45) is 5.92 Å². The highest BCUT2D eigenvalue weighted by molar-refractivity contribution is 5.73. The number of rotatable bonds is 10. The van der Waals surface area contributed by atoms with Crippen LogP contribution in [0.4, 0.5) is 0 Å². The molecule has 0 aromatic rings. The number of carboxylic acid groups (broad SMARTS) is 1. The normalized spacial score (nSPS) is 17.4. The maximum atomic E-state index is 11.0. The summed E-state index contributed by atoms with van der Waals surface area (Å²) in [5.74, 6) is 0.152. The Bertz CT molecular complexity index is 229.